The third-order valence-corrected chi connectivity index (χ3v) is 3.48. The van der Waals surface area contributed by atoms with Crippen molar-refractivity contribution in [3.63, 3.8) is 0 Å². The molecule has 6 heteroatoms. The van der Waals surface area contributed by atoms with E-state index in [1.165, 1.54) is 11.3 Å². The Morgan fingerprint density at radius 1 is 1.30 bits per heavy atom. The molecule has 0 amide bonds. The van der Waals surface area contributed by atoms with E-state index in [1.54, 1.807) is 24.5 Å². The maximum absolute atomic E-state index is 11.6. The molecule has 0 bridgehead atoms. The molecule has 0 aliphatic rings. The van der Waals surface area contributed by atoms with Gasteiger partial charge in [-0.2, -0.15) is 0 Å². The Hall–Kier alpha value is -2.34. The fraction of sp³-hybridized carbons (Fsp3) is 0.143. The number of carbonyl (C=O) groups is 1. The first-order chi connectivity index (χ1) is 9.81. The number of carbonyl (C=O) groups excluding carboxylic acids is 1. The van der Waals surface area contributed by atoms with Gasteiger partial charge in [0.2, 0.25) is 5.76 Å². The highest BCUT2D eigenvalue weighted by Crippen LogP contribution is 2.20. The molecule has 0 aliphatic heterocycles. The van der Waals surface area contributed by atoms with Crippen LogP contribution in [0.5, 0.6) is 0 Å². The van der Waals surface area contributed by atoms with Crippen molar-refractivity contribution in [3.05, 3.63) is 52.5 Å². The normalized spacial score (nSPS) is 10.6. The van der Waals surface area contributed by atoms with Crippen LogP contribution in [0.1, 0.15) is 10.6 Å². The van der Waals surface area contributed by atoms with Crippen LogP contribution in [0.2, 0.25) is 0 Å². The lowest BCUT2D eigenvalue weighted by Crippen LogP contribution is -2.07. The minimum absolute atomic E-state index is 0.0917. The van der Waals surface area contributed by atoms with Crippen molar-refractivity contribution in [1.29, 1.82) is 0 Å². The second-order valence-electron chi connectivity index (χ2n) is 4.08. The molecule has 0 N–H and O–H groups in total. The first kappa shape index (κ1) is 12.7. The molecule has 3 aromatic rings. The Balaban J connectivity index is 1.55. The maximum Gasteiger partial charge on any atom is 0.311 e. The van der Waals surface area contributed by atoms with Gasteiger partial charge in [-0.25, -0.2) is 0 Å². The Morgan fingerprint density at radius 3 is 3.00 bits per heavy atom. The summed E-state index contributed by atoms with van der Waals surface area (Å²) in [5.41, 5.74) is 0.552. The minimum atomic E-state index is -0.282. The zero-order valence-corrected chi connectivity index (χ0v) is 11.3. The predicted molar refractivity (Wildman–Crippen MR) is 72.0 cm³/mol. The van der Waals surface area contributed by atoms with Crippen LogP contribution in [-0.2, 0) is 22.6 Å². The van der Waals surface area contributed by atoms with Gasteiger partial charge in [0.15, 0.2) is 5.76 Å². The summed E-state index contributed by atoms with van der Waals surface area (Å²) in [6, 6.07) is 9.03. The number of esters is 1. The summed E-state index contributed by atoms with van der Waals surface area (Å²) >= 11 is 1.53. The quantitative estimate of drug-likeness (QED) is 0.674. The molecule has 0 fully saturated rings. The van der Waals surface area contributed by atoms with Crippen molar-refractivity contribution in [2.45, 2.75) is 13.0 Å². The third kappa shape index (κ3) is 2.97. The number of thiophene rings is 1. The van der Waals surface area contributed by atoms with E-state index in [1.807, 2.05) is 17.5 Å². The molecule has 0 saturated heterocycles. The van der Waals surface area contributed by atoms with Crippen molar-refractivity contribution < 1.29 is 18.5 Å². The van der Waals surface area contributed by atoms with Crippen LogP contribution in [-0.4, -0.2) is 11.1 Å². The molecule has 0 spiro atoms. The van der Waals surface area contributed by atoms with Gasteiger partial charge >= 0.3 is 5.97 Å². The van der Waals surface area contributed by atoms with E-state index in [9.17, 15) is 4.79 Å². The summed E-state index contributed by atoms with van der Waals surface area (Å²) in [6.07, 6.45) is 1.83. The number of hydrogen-bond donors (Lipinski definition) is 0. The van der Waals surface area contributed by atoms with Gasteiger partial charge in [-0.05, 0) is 23.6 Å². The Morgan fingerprint density at radius 2 is 2.25 bits per heavy atom. The van der Waals surface area contributed by atoms with E-state index in [4.69, 9.17) is 13.7 Å². The SMILES string of the molecule is O=C(Cc1cccs1)OCc1cc(-c2ccco2)on1. The Kier molecular flexibility index (Phi) is 3.64. The van der Waals surface area contributed by atoms with E-state index < -0.39 is 0 Å². The molecule has 5 nitrogen and oxygen atoms in total. The number of nitrogens with zero attached hydrogens (tertiary/aromatic N) is 1. The Labute approximate surface area is 118 Å². The zero-order valence-electron chi connectivity index (χ0n) is 10.4. The van der Waals surface area contributed by atoms with Gasteiger partial charge < -0.3 is 13.7 Å². The third-order valence-electron chi connectivity index (χ3n) is 2.60. The number of rotatable bonds is 5. The van der Waals surface area contributed by atoms with Crippen molar-refractivity contribution in [3.8, 4) is 11.5 Å². The fourth-order valence-electron chi connectivity index (χ4n) is 1.68. The molecule has 0 saturated carbocycles. The standard InChI is InChI=1S/C14H11NO4S/c16-14(8-11-3-2-6-20-11)18-9-10-7-13(19-15-10)12-4-1-5-17-12/h1-7H,8-9H2. The predicted octanol–water partition coefficient (Wildman–Crippen LogP) is 3.28. The van der Waals surface area contributed by atoms with E-state index >= 15 is 0 Å². The lowest BCUT2D eigenvalue weighted by atomic mass is 10.3. The summed E-state index contributed by atoms with van der Waals surface area (Å²) in [5, 5.41) is 5.76. The van der Waals surface area contributed by atoms with Gasteiger partial charge in [-0.15, -0.1) is 11.3 Å². The highest BCUT2D eigenvalue weighted by molar-refractivity contribution is 7.10. The summed E-state index contributed by atoms with van der Waals surface area (Å²) in [5.74, 6) is 0.822. The van der Waals surface area contributed by atoms with Crippen molar-refractivity contribution in [2.24, 2.45) is 0 Å². The summed E-state index contributed by atoms with van der Waals surface area (Å²) in [4.78, 5) is 12.6. The monoisotopic (exact) mass is 289 g/mol. The lowest BCUT2D eigenvalue weighted by molar-refractivity contribution is -0.144. The second kappa shape index (κ2) is 5.75. The van der Waals surface area contributed by atoms with Gasteiger partial charge in [0.25, 0.3) is 0 Å². The number of aromatic nitrogens is 1. The van der Waals surface area contributed by atoms with Gasteiger partial charge in [0.1, 0.15) is 12.3 Å². The van der Waals surface area contributed by atoms with Crippen LogP contribution in [0.15, 0.2) is 50.9 Å². The van der Waals surface area contributed by atoms with E-state index in [0.29, 0.717) is 17.2 Å². The van der Waals surface area contributed by atoms with Crippen LogP contribution in [0.25, 0.3) is 11.5 Å². The molecule has 102 valence electrons. The minimum Gasteiger partial charge on any atom is -0.461 e. The summed E-state index contributed by atoms with van der Waals surface area (Å²) in [7, 11) is 0. The molecular weight excluding hydrogens is 278 g/mol. The van der Waals surface area contributed by atoms with Gasteiger partial charge in [-0.1, -0.05) is 11.2 Å². The topological polar surface area (TPSA) is 65.5 Å². The highest BCUT2D eigenvalue weighted by Gasteiger charge is 2.11. The average molecular weight is 289 g/mol. The molecule has 0 unspecified atom stereocenters. The van der Waals surface area contributed by atoms with Crippen LogP contribution in [0, 0.1) is 0 Å². The second-order valence-corrected chi connectivity index (χ2v) is 5.11. The molecule has 3 rings (SSSR count). The molecule has 0 aliphatic carbocycles. The van der Waals surface area contributed by atoms with Gasteiger partial charge in [0, 0.05) is 10.9 Å². The van der Waals surface area contributed by atoms with Gasteiger partial charge in [-0.3, -0.25) is 4.79 Å². The van der Waals surface area contributed by atoms with Crippen molar-refractivity contribution in [2.75, 3.05) is 0 Å². The lowest BCUT2D eigenvalue weighted by Gasteiger charge is -2.00. The first-order valence-electron chi connectivity index (χ1n) is 5.99. The molecule has 3 heterocycles. The molecule has 0 radical (unpaired) electrons. The van der Waals surface area contributed by atoms with E-state index in [2.05, 4.69) is 5.16 Å². The van der Waals surface area contributed by atoms with Crippen LogP contribution in [0.4, 0.5) is 0 Å². The number of furan rings is 1. The largest absolute Gasteiger partial charge is 0.461 e. The smallest absolute Gasteiger partial charge is 0.311 e. The summed E-state index contributed by atoms with van der Waals surface area (Å²) < 4.78 is 15.4. The Bertz CT molecular complexity index is 670. The number of ether oxygens (including phenoxy) is 1. The zero-order chi connectivity index (χ0) is 13.8. The van der Waals surface area contributed by atoms with Crippen LogP contribution in [0.3, 0.4) is 0 Å². The van der Waals surface area contributed by atoms with Crippen LogP contribution < -0.4 is 0 Å². The van der Waals surface area contributed by atoms with E-state index in [0.717, 1.165) is 4.88 Å². The molecule has 3 aromatic heterocycles. The van der Waals surface area contributed by atoms with Crippen LogP contribution >= 0.6 is 11.3 Å². The maximum atomic E-state index is 11.6. The van der Waals surface area contributed by atoms with Crippen molar-refractivity contribution in [1.82, 2.24) is 5.16 Å². The molecule has 0 aromatic carbocycles. The van der Waals surface area contributed by atoms with Crippen molar-refractivity contribution >= 4 is 17.3 Å². The average Bonchev–Trinajstić information content (AvgIpc) is 3.18. The van der Waals surface area contributed by atoms with E-state index in [-0.39, 0.29) is 19.0 Å². The fourth-order valence-corrected chi connectivity index (χ4v) is 2.37. The first-order valence-corrected chi connectivity index (χ1v) is 6.87. The number of hydrogen-bond acceptors (Lipinski definition) is 6. The molecule has 0 atom stereocenters. The summed E-state index contributed by atoms with van der Waals surface area (Å²) in [6.45, 7) is 0.0917. The molecule has 20 heavy (non-hydrogen) atoms. The molecular formula is C14H11NO4S. The van der Waals surface area contributed by atoms with Gasteiger partial charge in [0.05, 0.1) is 12.7 Å². The highest BCUT2D eigenvalue weighted by atomic mass is 32.1.